The molecule has 1 rings (SSSR count). The summed E-state index contributed by atoms with van der Waals surface area (Å²) in [5.41, 5.74) is 1.02. The smallest absolute Gasteiger partial charge is 0.255 e. The van der Waals surface area contributed by atoms with Crippen molar-refractivity contribution in [3.8, 4) is 0 Å². The fraction of sp³-hybridized carbons (Fsp3) is 0.417. The normalized spacial score (nSPS) is 10.8. The number of halogens is 2. The van der Waals surface area contributed by atoms with E-state index in [4.69, 9.17) is 5.11 Å². The van der Waals surface area contributed by atoms with Crippen LogP contribution in [0.5, 0.6) is 0 Å². The summed E-state index contributed by atoms with van der Waals surface area (Å²) in [7, 11) is 0. The van der Waals surface area contributed by atoms with Gasteiger partial charge in [-0.1, -0.05) is 6.07 Å². The number of alkyl halides is 2. The van der Waals surface area contributed by atoms with E-state index in [-0.39, 0.29) is 13.2 Å². The van der Waals surface area contributed by atoms with Crippen LogP contribution in [0.25, 0.3) is 0 Å². The first-order chi connectivity index (χ1) is 8.45. The van der Waals surface area contributed by atoms with Crippen molar-refractivity contribution in [1.29, 1.82) is 0 Å². The van der Waals surface area contributed by atoms with Gasteiger partial charge in [-0.25, -0.2) is 8.78 Å². The molecular formula is C12H15F2NO2S. The second-order valence-corrected chi connectivity index (χ2v) is 4.38. The number of amides is 1. The lowest BCUT2D eigenvalue weighted by molar-refractivity contribution is 0.0508. The molecule has 6 heteroatoms. The Morgan fingerprint density at radius 1 is 1.50 bits per heavy atom. The monoisotopic (exact) mass is 275 g/mol. The Morgan fingerprint density at radius 3 is 2.72 bits per heavy atom. The molecule has 0 bridgehead atoms. The fourth-order valence-corrected chi connectivity index (χ4v) is 1.78. The van der Waals surface area contributed by atoms with Crippen LogP contribution in [0, 0.1) is 6.92 Å². The van der Waals surface area contributed by atoms with Gasteiger partial charge in [-0.2, -0.15) is 0 Å². The summed E-state index contributed by atoms with van der Waals surface area (Å²) in [4.78, 5) is 13.6. The summed E-state index contributed by atoms with van der Waals surface area (Å²) < 4.78 is 24.7. The molecule has 0 atom stereocenters. The van der Waals surface area contributed by atoms with Crippen LogP contribution in [0.1, 0.15) is 15.9 Å². The van der Waals surface area contributed by atoms with Crippen molar-refractivity contribution in [3.05, 3.63) is 29.3 Å². The molecule has 0 aliphatic rings. The lowest BCUT2D eigenvalue weighted by Crippen LogP contribution is -2.37. The molecule has 18 heavy (non-hydrogen) atoms. The molecule has 0 fully saturated rings. The van der Waals surface area contributed by atoms with E-state index in [9.17, 15) is 13.6 Å². The minimum absolute atomic E-state index is 0.112. The Balaban J connectivity index is 2.97. The number of hydrogen-bond acceptors (Lipinski definition) is 3. The Hall–Kier alpha value is -1.14. The van der Waals surface area contributed by atoms with Gasteiger partial charge in [-0.3, -0.25) is 4.79 Å². The van der Waals surface area contributed by atoms with Gasteiger partial charge in [0.05, 0.1) is 13.2 Å². The third-order valence-corrected chi connectivity index (χ3v) is 2.75. The highest BCUT2D eigenvalue weighted by atomic mass is 32.1. The summed E-state index contributed by atoms with van der Waals surface area (Å²) in [6, 6.07) is 4.96. The second-order valence-electron chi connectivity index (χ2n) is 3.87. The molecule has 0 heterocycles. The van der Waals surface area contributed by atoms with Gasteiger partial charge in [0.25, 0.3) is 12.3 Å². The molecule has 0 aromatic heterocycles. The van der Waals surface area contributed by atoms with Crippen LogP contribution in [-0.4, -0.2) is 42.0 Å². The molecule has 3 nitrogen and oxygen atoms in total. The standard InChI is InChI=1S/C12H15F2NO2S/c1-8-2-3-9(18)6-10(8)12(17)15(4-5-16)7-11(13)14/h2-3,6,11,16,18H,4-5,7H2,1H3. The predicted molar refractivity (Wildman–Crippen MR) is 67.4 cm³/mol. The van der Waals surface area contributed by atoms with Crippen LogP contribution in [0.3, 0.4) is 0 Å². The molecule has 0 saturated carbocycles. The quantitative estimate of drug-likeness (QED) is 0.807. The Labute approximate surface area is 110 Å². The molecule has 100 valence electrons. The van der Waals surface area contributed by atoms with Gasteiger partial charge >= 0.3 is 0 Å². The zero-order chi connectivity index (χ0) is 13.7. The van der Waals surface area contributed by atoms with Gasteiger partial charge in [-0.05, 0) is 24.6 Å². The highest BCUT2D eigenvalue weighted by Crippen LogP contribution is 2.16. The molecule has 0 saturated heterocycles. The van der Waals surface area contributed by atoms with Gasteiger partial charge in [0, 0.05) is 17.0 Å². The number of nitrogens with zero attached hydrogens (tertiary/aromatic N) is 1. The van der Waals surface area contributed by atoms with Crippen LogP contribution >= 0.6 is 12.6 Å². The number of carbonyl (C=O) groups excluding carboxylic acids is 1. The number of benzene rings is 1. The maximum Gasteiger partial charge on any atom is 0.255 e. The van der Waals surface area contributed by atoms with Crippen LogP contribution in [0.4, 0.5) is 8.78 Å². The molecule has 0 unspecified atom stereocenters. The highest BCUT2D eigenvalue weighted by Gasteiger charge is 2.20. The third-order valence-electron chi connectivity index (χ3n) is 2.47. The van der Waals surface area contributed by atoms with E-state index in [1.165, 1.54) is 6.07 Å². The number of aliphatic hydroxyl groups is 1. The first-order valence-corrected chi connectivity index (χ1v) is 5.88. The molecule has 1 aromatic carbocycles. The molecule has 1 N–H and O–H groups in total. The molecular weight excluding hydrogens is 260 g/mol. The fourth-order valence-electron chi connectivity index (χ4n) is 1.57. The number of hydrogen-bond donors (Lipinski definition) is 2. The van der Waals surface area contributed by atoms with Crippen molar-refractivity contribution in [1.82, 2.24) is 4.90 Å². The van der Waals surface area contributed by atoms with Crippen molar-refractivity contribution >= 4 is 18.5 Å². The SMILES string of the molecule is Cc1ccc(S)cc1C(=O)N(CCO)CC(F)F. The van der Waals surface area contributed by atoms with E-state index < -0.39 is 18.9 Å². The van der Waals surface area contributed by atoms with Crippen molar-refractivity contribution in [2.24, 2.45) is 0 Å². The Bertz CT molecular complexity index is 427. The van der Waals surface area contributed by atoms with E-state index in [2.05, 4.69) is 12.6 Å². The van der Waals surface area contributed by atoms with Crippen LogP contribution in [-0.2, 0) is 0 Å². The molecule has 0 spiro atoms. The molecule has 0 aliphatic heterocycles. The summed E-state index contributed by atoms with van der Waals surface area (Å²) in [5, 5.41) is 8.82. The van der Waals surface area contributed by atoms with E-state index in [0.29, 0.717) is 16.0 Å². The van der Waals surface area contributed by atoms with Gasteiger partial charge < -0.3 is 10.0 Å². The number of aliphatic hydroxyl groups excluding tert-OH is 1. The van der Waals surface area contributed by atoms with E-state index >= 15 is 0 Å². The first kappa shape index (κ1) is 14.9. The lowest BCUT2D eigenvalue weighted by Gasteiger charge is -2.22. The summed E-state index contributed by atoms with van der Waals surface area (Å²) in [6.07, 6.45) is -2.63. The maximum atomic E-state index is 12.4. The van der Waals surface area contributed by atoms with E-state index in [1.54, 1.807) is 19.1 Å². The maximum absolute atomic E-state index is 12.4. The number of thiol groups is 1. The van der Waals surface area contributed by atoms with Crippen LogP contribution in [0.15, 0.2) is 23.1 Å². The average molecular weight is 275 g/mol. The van der Waals surface area contributed by atoms with Gasteiger partial charge in [0.15, 0.2) is 0 Å². The van der Waals surface area contributed by atoms with E-state index in [1.807, 2.05) is 0 Å². The number of aryl methyl sites for hydroxylation is 1. The van der Waals surface area contributed by atoms with Gasteiger partial charge in [0.1, 0.15) is 0 Å². The van der Waals surface area contributed by atoms with Crippen LogP contribution in [0.2, 0.25) is 0 Å². The van der Waals surface area contributed by atoms with Crippen molar-refractivity contribution in [2.75, 3.05) is 19.7 Å². The number of carbonyl (C=O) groups is 1. The summed E-state index contributed by atoms with van der Waals surface area (Å²) in [6.45, 7) is 0.576. The molecule has 0 radical (unpaired) electrons. The van der Waals surface area contributed by atoms with E-state index in [0.717, 1.165) is 4.90 Å². The van der Waals surface area contributed by atoms with Gasteiger partial charge in [0.2, 0.25) is 0 Å². The highest BCUT2D eigenvalue weighted by molar-refractivity contribution is 7.80. The topological polar surface area (TPSA) is 40.5 Å². The minimum Gasteiger partial charge on any atom is -0.395 e. The van der Waals surface area contributed by atoms with Crippen molar-refractivity contribution in [2.45, 2.75) is 18.2 Å². The molecule has 1 aromatic rings. The minimum atomic E-state index is -2.63. The largest absolute Gasteiger partial charge is 0.395 e. The number of rotatable bonds is 5. The Morgan fingerprint density at radius 2 is 2.17 bits per heavy atom. The third kappa shape index (κ3) is 3.96. The summed E-state index contributed by atoms with van der Waals surface area (Å²) in [5.74, 6) is -0.516. The van der Waals surface area contributed by atoms with Crippen molar-refractivity contribution in [3.63, 3.8) is 0 Å². The predicted octanol–water partition coefficient (Wildman–Crippen LogP) is 1.98. The van der Waals surface area contributed by atoms with Crippen LogP contribution < -0.4 is 0 Å². The van der Waals surface area contributed by atoms with Gasteiger partial charge in [-0.15, -0.1) is 12.6 Å². The lowest BCUT2D eigenvalue weighted by atomic mass is 10.1. The summed E-state index contributed by atoms with van der Waals surface area (Å²) >= 11 is 4.12. The second kappa shape index (κ2) is 6.70. The Kier molecular flexibility index (Phi) is 5.55. The molecule has 1 amide bonds. The van der Waals surface area contributed by atoms with Crippen molar-refractivity contribution < 1.29 is 18.7 Å². The average Bonchev–Trinajstić information content (AvgIpc) is 2.30. The molecule has 0 aliphatic carbocycles. The first-order valence-electron chi connectivity index (χ1n) is 5.43. The zero-order valence-electron chi connectivity index (χ0n) is 9.94. The zero-order valence-corrected chi connectivity index (χ0v) is 10.8.